The summed E-state index contributed by atoms with van der Waals surface area (Å²) in [5.74, 6) is -1.14. The molecule has 2 unspecified atom stereocenters. The van der Waals surface area contributed by atoms with Crippen molar-refractivity contribution in [1.82, 2.24) is 0 Å². The first-order chi connectivity index (χ1) is 27.1. The molecule has 0 aliphatic heterocycles. The Morgan fingerprint density at radius 3 is 1.80 bits per heavy atom. The van der Waals surface area contributed by atoms with Crippen molar-refractivity contribution < 1.29 is 52.9 Å². The minimum atomic E-state index is -4.67. The third-order valence-corrected chi connectivity index (χ3v) is 9.40. The zero-order valence-electron chi connectivity index (χ0n) is 34.4. The van der Waals surface area contributed by atoms with E-state index in [9.17, 15) is 29.3 Å². The summed E-state index contributed by atoms with van der Waals surface area (Å²) in [6.45, 7) is 2.01. The fourth-order valence-corrected chi connectivity index (χ4v) is 5.98. The summed E-state index contributed by atoms with van der Waals surface area (Å²) < 4.78 is 32.5. The standard InChI is InChI=1S/C44H75O11P/c1-3-5-7-9-11-13-15-17-18-20-22-24-26-28-30-34-44(49)55-42(39-54-56(50,51)53-37-41(47)36-45)38-52-43(48)35-31-33-40(46)32-29-27-25-23-21-19-16-14-12-10-8-6-4-2/h6,8,12-15,19,21,25,27,29,32,40-42,45-47H,3-5,7,9-11,16-18,20,22-24,26,28,30-31,33-39H2,1-2H3,(H,50,51)/b8-6-,14-12-,15-13-,21-19-,27-25-,32-29+/t40?,41-,42+/m0/s1. The first kappa shape index (κ1) is 53.4. The van der Waals surface area contributed by atoms with Crippen molar-refractivity contribution >= 4 is 19.8 Å². The van der Waals surface area contributed by atoms with Crippen molar-refractivity contribution in [2.24, 2.45) is 0 Å². The Morgan fingerprint density at radius 2 is 1.18 bits per heavy atom. The molecule has 0 spiro atoms. The van der Waals surface area contributed by atoms with E-state index < -0.39 is 64.5 Å². The Kier molecular flexibility index (Phi) is 37.4. The molecule has 11 nitrogen and oxygen atoms in total. The predicted octanol–water partition coefficient (Wildman–Crippen LogP) is 9.86. The lowest BCUT2D eigenvalue weighted by atomic mass is 10.1. The van der Waals surface area contributed by atoms with Crippen molar-refractivity contribution in [3.63, 3.8) is 0 Å². The molecular weight excluding hydrogens is 735 g/mol. The fraction of sp³-hybridized carbons (Fsp3) is 0.682. The van der Waals surface area contributed by atoms with Gasteiger partial charge >= 0.3 is 19.8 Å². The molecule has 0 rings (SSSR count). The molecular formula is C44H75O11P. The van der Waals surface area contributed by atoms with Crippen molar-refractivity contribution in [2.75, 3.05) is 26.4 Å². The molecule has 0 aliphatic rings. The number of unbranched alkanes of at least 4 members (excludes halogenated alkanes) is 11. The van der Waals surface area contributed by atoms with E-state index >= 15 is 0 Å². The molecule has 4 N–H and O–H groups in total. The van der Waals surface area contributed by atoms with Crippen LogP contribution in [0, 0.1) is 0 Å². The smallest absolute Gasteiger partial charge is 0.462 e. The number of ether oxygens (including phenoxy) is 2. The molecule has 0 saturated heterocycles. The van der Waals surface area contributed by atoms with Crippen LogP contribution in [-0.2, 0) is 32.7 Å². The number of carbonyl (C=O) groups excluding carboxylic acids is 2. The van der Waals surface area contributed by atoms with Crippen molar-refractivity contribution in [1.29, 1.82) is 0 Å². The lowest BCUT2D eigenvalue weighted by Gasteiger charge is -2.20. The van der Waals surface area contributed by atoms with Gasteiger partial charge in [0.2, 0.25) is 0 Å². The summed E-state index contributed by atoms with van der Waals surface area (Å²) in [6.07, 6.45) is 40.4. The van der Waals surface area contributed by atoms with Crippen LogP contribution in [0.5, 0.6) is 0 Å². The van der Waals surface area contributed by atoms with Crippen LogP contribution in [0.1, 0.15) is 149 Å². The Hall–Kier alpha value is -2.63. The summed E-state index contributed by atoms with van der Waals surface area (Å²) in [5, 5.41) is 28.5. The molecule has 56 heavy (non-hydrogen) atoms. The zero-order chi connectivity index (χ0) is 41.4. The maximum absolute atomic E-state index is 12.6. The van der Waals surface area contributed by atoms with Gasteiger partial charge in [0.15, 0.2) is 6.10 Å². The summed E-state index contributed by atoms with van der Waals surface area (Å²) in [4.78, 5) is 35.0. The number of allylic oxidation sites excluding steroid dienone is 11. The minimum absolute atomic E-state index is 0.00682. The molecule has 0 aromatic heterocycles. The number of rotatable bonds is 38. The number of esters is 2. The number of hydrogen-bond acceptors (Lipinski definition) is 10. The molecule has 322 valence electrons. The molecule has 4 atom stereocenters. The van der Waals surface area contributed by atoms with Crippen molar-refractivity contribution in [2.45, 2.75) is 167 Å². The monoisotopic (exact) mass is 811 g/mol. The van der Waals surface area contributed by atoms with Crippen LogP contribution < -0.4 is 0 Å². The van der Waals surface area contributed by atoms with E-state index in [0.717, 1.165) is 57.8 Å². The second kappa shape index (κ2) is 39.2. The normalized spacial score (nSPS) is 15.2. The maximum Gasteiger partial charge on any atom is 0.472 e. The quantitative estimate of drug-likeness (QED) is 0.0154. The molecule has 0 aliphatic carbocycles. The molecule has 0 bridgehead atoms. The average Bonchev–Trinajstić information content (AvgIpc) is 3.18. The van der Waals surface area contributed by atoms with Gasteiger partial charge in [-0.2, -0.15) is 0 Å². The highest BCUT2D eigenvalue weighted by molar-refractivity contribution is 7.47. The molecule has 0 heterocycles. The van der Waals surface area contributed by atoms with Crippen LogP contribution in [0.4, 0.5) is 0 Å². The van der Waals surface area contributed by atoms with Gasteiger partial charge in [-0.15, -0.1) is 0 Å². The number of aliphatic hydroxyl groups excluding tert-OH is 3. The van der Waals surface area contributed by atoms with Crippen LogP contribution >= 0.6 is 7.82 Å². The molecule has 0 amide bonds. The maximum atomic E-state index is 12.6. The molecule has 0 saturated carbocycles. The van der Waals surface area contributed by atoms with Crippen LogP contribution in [0.25, 0.3) is 0 Å². The van der Waals surface area contributed by atoms with Crippen LogP contribution in [0.2, 0.25) is 0 Å². The van der Waals surface area contributed by atoms with Crippen LogP contribution in [0.15, 0.2) is 72.9 Å². The van der Waals surface area contributed by atoms with E-state index in [1.54, 1.807) is 12.2 Å². The molecule has 0 aromatic rings. The lowest BCUT2D eigenvalue weighted by molar-refractivity contribution is -0.161. The van der Waals surface area contributed by atoms with E-state index in [1.165, 1.54) is 44.9 Å². The Labute approximate surface area is 338 Å². The first-order valence-electron chi connectivity index (χ1n) is 21.0. The van der Waals surface area contributed by atoms with Gasteiger partial charge in [-0.1, -0.05) is 138 Å². The average molecular weight is 811 g/mol. The number of carbonyl (C=O) groups is 2. The summed E-state index contributed by atoms with van der Waals surface area (Å²) in [7, 11) is -4.67. The van der Waals surface area contributed by atoms with Gasteiger partial charge in [0, 0.05) is 12.8 Å². The summed E-state index contributed by atoms with van der Waals surface area (Å²) in [5.41, 5.74) is 0. The van der Waals surface area contributed by atoms with Gasteiger partial charge in [-0.3, -0.25) is 18.6 Å². The number of hydrogen-bond donors (Lipinski definition) is 4. The van der Waals surface area contributed by atoms with E-state index in [1.807, 2.05) is 12.2 Å². The van der Waals surface area contributed by atoms with Gasteiger partial charge in [0.05, 0.1) is 25.9 Å². The van der Waals surface area contributed by atoms with Gasteiger partial charge in [0.25, 0.3) is 0 Å². The molecule has 0 fully saturated rings. The third kappa shape index (κ3) is 38.3. The fourth-order valence-electron chi connectivity index (χ4n) is 5.19. The topological polar surface area (TPSA) is 169 Å². The largest absolute Gasteiger partial charge is 0.472 e. The molecule has 12 heteroatoms. The highest BCUT2D eigenvalue weighted by Crippen LogP contribution is 2.43. The number of aliphatic hydroxyl groups is 3. The van der Waals surface area contributed by atoms with Gasteiger partial charge in [0.1, 0.15) is 12.7 Å². The second-order valence-electron chi connectivity index (χ2n) is 13.8. The Morgan fingerprint density at radius 1 is 0.625 bits per heavy atom. The third-order valence-electron chi connectivity index (χ3n) is 8.45. The Balaban J connectivity index is 4.53. The van der Waals surface area contributed by atoms with Gasteiger partial charge < -0.3 is 29.7 Å². The Bertz CT molecular complexity index is 1180. The highest BCUT2D eigenvalue weighted by Gasteiger charge is 2.27. The van der Waals surface area contributed by atoms with Crippen molar-refractivity contribution in [3.05, 3.63) is 72.9 Å². The molecule has 0 aromatic carbocycles. The number of phosphoric acid groups is 1. The van der Waals surface area contributed by atoms with Gasteiger partial charge in [-0.25, -0.2) is 4.57 Å². The zero-order valence-corrected chi connectivity index (χ0v) is 35.3. The van der Waals surface area contributed by atoms with Crippen molar-refractivity contribution in [3.8, 4) is 0 Å². The number of phosphoric ester groups is 1. The summed E-state index contributed by atoms with van der Waals surface area (Å²) in [6, 6.07) is 0. The first-order valence-corrected chi connectivity index (χ1v) is 22.5. The highest BCUT2D eigenvalue weighted by atomic mass is 31.2. The summed E-state index contributed by atoms with van der Waals surface area (Å²) >= 11 is 0. The minimum Gasteiger partial charge on any atom is -0.462 e. The predicted molar refractivity (Wildman–Crippen MR) is 225 cm³/mol. The second-order valence-corrected chi connectivity index (χ2v) is 15.3. The van der Waals surface area contributed by atoms with E-state index in [2.05, 4.69) is 67.0 Å². The van der Waals surface area contributed by atoms with E-state index in [4.69, 9.17) is 19.1 Å². The van der Waals surface area contributed by atoms with E-state index in [0.29, 0.717) is 19.3 Å². The van der Waals surface area contributed by atoms with Crippen LogP contribution in [-0.4, -0.2) is 76.9 Å². The lowest BCUT2D eigenvalue weighted by Crippen LogP contribution is -2.30. The SMILES string of the molecule is CC/C=C\C/C=C\C/C=C\C/C=C\C=C\C(O)CCCC(=O)OC[C@H](COP(=O)(O)OC[C@@H](O)CO)OC(=O)CCCCCCCCC/C=C\CCCCCC. The van der Waals surface area contributed by atoms with Gasteiger partial charge in [-0.05, 0) is 70.6 Å². The molecule has 0 radical (unpaired) electrons. The van der Waals surface area contributed by atoms with E-state index in [-0.39, 0.29) is 12.8 Å². The van der Waals surface area contributed by atoms with Crippen LogP contribution in [0.3, 0.4) is 0 Å².